The zero-order valence-electron chi connectivity index (χ0n) is 25.1. The van der Waals surface area contributed by atoms with Crippen LogP contribution in [0.15, 0.2) is 36.9 Å². The van der Waals surface area contributed by atoms with Crippen LogP contribution < -0.4 is 15.0 Å². The van der Waals surface area contributed by atoms with Gasteiger partial charge >= 0.3 is 6.01 Å². The van der Waals surface area contributed by atoms with Gasteiger partial charge in [-0.25, -0.2) is 4.39 Å². The highest BCUT2D eigenvalue weighted by atomic mass is 19.1. The maximum Gasteiger partial charge on any atom is 0.318 e. The minimum atomic E-state index is -0.472. The molecule has 2 aromatic carbocycles. The predicted octanol–water partition coefficient (Wildman–Crippen LogP) is 5.08. The Morgan fingerprint density at radius 1 is 1.23 bits per heavy atom. The number of carbonyl (C=O) groups is 1. The Hall–Kier alpha value is -4.42. The van der Waals surface area contributed by atoms with Gasteiger partial charge in [-0.05, 0) is 105 Å². The molecule has 6 rings (SSSR count). The number of hydrogen-bond donors (Lipinski definition) is 2. The maximum absolute atomic E-state index is 14.8. The molecular weight excluding hydrogens is 557 g/mol. The fourth-order valence-electron chi connectivity index (χ4n) is 6.75. The number of allylic oxidation sites excluding steroid dienone is 1. The Morgan fingerprint density at radius 3 is 2.86 bits per heavy atom. The summed E-state index contributed by atoms with van der Waals surface area (Å²) in [7, 11) is 2.11. The monoisotopic (exact) mass is 595 g/mol. The zero-order valence-corrected chi connectivity index (χ0v) is 25.1. The van der Waals surface area contributed by atoms with E-state index < -0.39 is 5.82 Å². The molecule has 2 saturated heterocycles. The average Bonchev–Trinajstić information content (AvgIpc) is 3.29. The van der Waals surface area contributed by atoms with Gasteiger partial charge in [0.15, 0.2) is 0 Å². The number of fused-ring (bicyclic) bond motifs is 2. The SMILES string of the molecule is C#Cc1c(F)ccc2cc(O)cc(C3=Cc4nc(OC[C@@H]5CCCN5C)nc(N5CCCCC(NC(=O)C=C)C5)c4CC3)c12. The topological polar surface area (TPSA) is 90.8 Å². The second kappa shape index (κ2) is 12.7. The number of phenols is 1. The second-order valence-electron chi connectivity index (χ2n) is 12.0. The van der Waals surface area contributed by atoms with Gasteiger partial charge in [0.05, 0.1) is 11.3 Å². The number of carbonyl (C=O) groups excluding carboxylic acids is 1. The van der Waals surface area contributed by atoms with Crippen LogP contribution in [-0.4, -0.2) is 71.3 Å². The third kappa shape index (κ3) is 6.00. The van der Waals surface area contributed by atoms with Crippen molar-refractivity contribution in [2.45, 2.75) is 57.0 Å². The molecular formula is C35H38FN5O3. The maximum atomic E-state index is 14.8. The number of likely N-dealkylation sites (tertiary alicyclic amines) is 1. The van der Waals surface area contributed by atoms with Crippen molar-refractivity contribution in [1.82, 2.24) is 20.2 Å². The molecule has 1 amide bonds. The molecule has 3 aliphatic rings. The fraction of sp³-hybridized carbons (Fsp3) is 0.400. The summed E-state index contributed by atoms with van der Waals surface area (Å²) < 4.78 is 21.1. The van der Waals surface area contributed by atoms with E-state index in [9.17, 15) is 14.3 Å². The minimum Gasteiger partial charge on any atom is -0.508 e. The summed E-state index contributed by atoms with van der Waals surface area (Å²) in [5, 5.41) is 14.9. The van der Waals surface area contributed by atoms with Gasteiger partial charge in [-0.15, -0.1) is 6.42 Å². The Bertz CT molecular complexity index is 1680. The summed E-state index contributed by atoms with van der Waals surface area (Å²) in [4.78, 5) is 26.5. The molecule has 2 atom stereocenters. The number of phenolic OH excluding ortho intramolecular Hbond substituents is 1. The van der Waals surface area contributed by atoms with E-state index in [1.165, 1.54) is 12.1 Å². The average molecular weight is 596 g/mol. The van der Waals surface area contributed by atoms with E-state index in [1.54, 1.807) is 18.2 Å². The lowest BCUT2D eigenvalue weighted by Gasteiger charge is -2.30. The number of nitrogens with one attached hydrogen (secondary N) is 1. The van der Waals surface area contributed by atoms with Gasteiger partial charge in [-0.3, -0.25) is 4.79 Å². The molecule has 2 fully saturated rings. The van der Waals surface area contributed by atoms with E-state index >= 15 is 0 Å². The van der Waals surface area contributed by atoms with Crippen molar-refractivity contribution >= 4 is 34.1 Å². The molecule has 0 bridgehead atoms. The Morgan fingerprint density at radius 2 is 2.09 bits per heavy atom. The first-order chi connectivity index (χ1) is 21.3. The molecule has 1 unspecified atom stereocenters. The molecule has 0 saturated carbocycles. The van der Waals surface area contributed by atoms with E-state index in [0.717, 1.165) is 67.8 Å². The lowest BCUT2D eigenvalue weighted by Crippen LogP contribution is -2.42. The number of ether oxygens (including phenoxy) is 1. The molecule has 3 heterocycles. The fourth-order valence-corrected chi connectivity index (χ4v) is 6.75. The highest BCUT2D eigenvalue weighted by molar-refractivity contribution is 6.02. The van der Waals surface area contributed by atoms with Gasteiger partial charge in [0, 0.05) is 36.1 Å². The first-order valence-corrected chi connectivity index (χ1v) is 15.4. The lowest BCUT2D eigenvalue weighted by molar-refractivity contribution is -0.117. The van der Waals surface area contributed by atoms with Crippen LogP contribution in [0.25, 0.3) is 22.4 Å². The van der Waals surface area contributed by atoms with Gasteiger partial charge in [0.25, 0.3) is 0 Å². The largest absolute Gasteiger partial charge is 0.508 e. The number of anilines is 1. The smallest absolute Gasteiger partial charge is 0.318 e. The van der Waals surface area contributed by atoms with Crippen molar-refractivity contribution in [1.29, 1.82) is 0 Å². The molecule has 1 aromatic heterocycles. The minimum absolute atomic E-state index is 0.0319. The first-order valence-electron chi connectivity index (χ1n) is 15.4. The van der Waals surface area contributed by atoms with Crippen LogP contribution in [0.3, 0.4) is 0 Å². The molecule has 3 aromatic rings. The summed E-state index contributed by atoms with van der Waals surface area (Å²) >= 11 is 0. The summed E-state index contributed by atoms with van der Waals surface area (Å²) in [5.74, 6) is 2.76. The van der Waals surface area contributed by atoms with E-state index in [-0.39, 0.29) is 23.3 Å². The quantitative estimate of drug-likeness (QED) is 0.291. The van der Waals surface area contributed by atoms with Crippen molar-refractivity contribution < 1.29 is 19.0 Å². The molecule has 2 N–H and O–H groups in total. The van der Waals surface area contributed by atoms with Gasteiger partial charge in [-0.2, -0.15) is 9.97 Å². The third-order valence-electron chi connectivity index (χ3n) is 9.07. The number of hydrogen-bond acceptors (Lipinski definition) is 7. The highest BCUT2D eigenvalue weighted by Crippen LogP contribution is 2.40. The second-order valence-corrected chi connectivity index (χ2v) is 12.0. The van der Waals surface area contributed by atoms with E-state index in [2.05, 4.69) is 34.7 Å². The highest BCUT2D eigenvalue weighted by Gasteiger charge is 2.28. The Kier molecular flexibility index (Phi) is 8.53. The number of terminal acetylenes is 1. The Balaban J connectivity index is 1.43. The number of halogens is 1. The van der Waals surface area contributed by atoms with Gasteiger partial charge in [0.2, 0.25) is 5.91 Å². The van der Waals surface area contributed by atoms with E-state index in [0.29, 0.717) is 54.4 Å². The van der Waals surface area contributed by atoms with E-state index in [4.69, 9.17) is 21.1 Å². The standard InChI is InChI=1S/C35H38FN5O3/c1-4-27-30(36)14-12-23-17-26(42)19-29(33(23)27)22-11-13-28-31(18-22)38-35(44-21-25-10-8-15-40(25)3)39-34(28)41-16-7-6-9-24(20-41)37-32(43)5-2/h1,5,12,14,17-19,24-25,42H,2,6-11,13,15-16,20-21H2,3H3,(H,37,43)/t24?,25-/m0/s1. The van der Waals surface area contributed by atoms with Crippen LogP contribution in [0.2, 0.25) is 0 Å². The van der Waals surface area contributed by atoms with Crippen LogP contribution in [0.4, 0.5) is 10.2 Å². The molecule has 44 heavy (non-hydrogen) atoms. The molecule has 2 aliphatic heterocycles. The zero-order chi connectivity index (χ0) is 30.8. The third-order valence-corrected chi connectivity index (χ3v) is 9.07. The molecule has 9 heteroatoms. The predicted molar refractivity (Wildman–Crippen MR) is 171 cm³/mol. The number of likely N-dealkylation sites (N-methyl/N-ethyl adjacent to an activating group) is 1. The summed E-state index contributed by atoms with van der Waals surface area (Å²) in [5.41, 5.74) is 3.50. The van der Waals surface area contributed by atoms with Crippen molar-refractivity contribution in [3.05, 3.63) is 65.1 Å². The molecule has 8 nitrogen and oxygen atoms in total. The number of aromatic nitrogens is 2. The molecule has 0 spiro atoms. The van der Waals surface area contributed by atoms with Crippen LogP contribution in [0.5, 0.6) is 11.8 Å². The van der Waals surface area contributed by atoms with Crippen molar-refractivity contribution in [2.24, 2.45) is 0 Å². The molecule has 1 aliphatic carbocycles. The summed E-state index contributed by atoms with van der Waals surface area (Å²) in [6.45, 7) is 6.56. The van der Waals surface area contributed by atoms with Crippen molar-refractivity contribution in [2.75, 3.05) is 38.2 Å². The number of rotatable bonds is 7. The van der Waals surface area contributed by atoms with Gasteiger partial charge in [-0.1, -0.05) is 18.6 Å². The number of benzene rings is 2. The van der Waals surface area contributed by atoms with Gasteiger partial charge < -0.3 is 25.0 Å². The van der Waals surface area contributed by atoms with Gasteiger partial charge in [0.1, 0.15) is 24.0 Å². The lowest BCUT2D eigenvalue weighted by atomic mass is 9.87. The first kappa shape index (κ1) is 29.6. The van der Waals surface area contributed by atoms with Crippen LogP contribution in [0, 0.1) is 18.2 Å². The summed E-state index contributed by atoms with van der Waals surface area (Å²) in [6, 6.07) is 6.80. The number of aromatic hydroxyl groups is 1. The molecule has 0 radical (unpaired) electrons. The Labute approximate surface area is 257 Å². The van der Waals surface area contributed by atoms with Crippen LogP contribution in [-0.2, 0) is 11.2 Å². The van der Waals surface area contributed by atoms with Crippen LogP contribution in [0.1, 0.15) is 60.9 Å². The number of amides is 1. The molecule has 228 valence electrons. The van der Waals surface area contributed by atoms with Crippen molar-refractivity contribution in [3.63, 3.8) is 0 Å². The normalized spacial score (nSPS) is 20.4. The van der Waals surface area contributed by atoms with E-state index in [1.807, 2.05) is 6.08 Å². The number of nitrogens with zero attached hydrogens (tertiary/aromatic N) is 4. The summed E-state index contributed by atoms with van der Waals surface area (Å²) in [6.07, 6.45) is 15.4. The van der Waals surface area contributed by atoms with Crippen molar-refractivity contribution in [3.8, 4) is 24.1 Å². The van der Waals surface area contributed by atoms with Crippen LogP contribution >= 0.6 is 0 Å².